The fraction of sp³-hybridized carbons (Fsp3) is 0.444. The van der Waals surface area contributed by atoms with Crippen molar-refractivity contribution >= 4 is 11.6 Å². The zero-order valence-electron chi connectivity index (χ0n) is 16.6. The van der Waals surface area contributed by atoms with Crippen LogP contribution in [0, 0.1) is 13.8 Å². The van der Waals surface area contributed by atoms with E-state index in [9.17, 15) is 26.7 Å². The van der Waals surface area contributed by atoms with E-state index in [1.165, 1.54) is 6.92 Å². The standard InChI is InChI=1S/C18H19F5N6O/c1-5-28-11(4)12(8-24-28)10(3)26-16(30)13-7-15-25-9(2)6-14(29(15)27-13)17(19,20)18(21,22)23/h6-8,10H,5H2,1-4H3,(H,26,30). The van der Waals surface area contributed by atoms with E-state index < -0.39 is 29.7 Å². The Morgan fingerprint density at radius 1 is 1.20 bits per heavy atom. The molecule has 1 N–H and O–H groups in total. The molecule has 0 aliphatic rings. The predicted molar refractivity (Wildman–Crippen MR) is 96.2 cm³/mol. The Kier molecular flexibility index (Phi) is 5.29. The van der Waals surface area contributed by atoms with Gasteiger partial charge in [0, 0.05) is 29.6 Å². The molecule has 0 fully saturated rings. The molecule has 3 heterocycles. The van der Waals surface area contributed by atoms with E-state index >= 15 is 0 Å². The predicted octanol–water partition coefficient (Wildman–Crippen LogP) is 3.71. The fourth-order valence-corrected chi connectivity index (χ4v) is 3.13. The first-order valence-electron chi connectivity index (χ1n) is 9.02. The van der Waals surface area contributed by atoms with Gasteiger partial charge in [0.2, 0.25) is 0 Å². The topological polar surface area (TPSA) is 77.1 Å². The minimum atomic E-state index is -5.83. The van der Waals surface area contributed by atoms with Crippen LogP contribution >= 0.6 is 0 Å². The molecule has 0 bridgehead atoms. The maximum Gasteiger partial charge on any atom is 0.459 e. The van der Waals surface area contributed by atoms with Crippen LogP contribution in [0.3, 0.4) is 0 Å². The van der Waals surface area contributed by atoms with Crippen LogP contribution in [0.5, 0.6) is 0 Å². The lowest BCUT2D eigenvalue weighted by Crippen LogP contribution is -2.36. The summed E-state index contributed by atoms with van der Waals surface area (Å²) in [5, 5.41) is 10.5. The average molecular weight is 430 g/mol. The second-order valence-electron chi connectivity index (χ2n) is 6.85. The van der Waals surface area contributed by atoms with E-state index in [0.29, 0.717) is 17.1 Å². The molecule has 162 valence electrons. The lowest BCUT2D eigenvalue weighted by molar-refractivity contribution is -0.291. The molecule has 0 aliphatic heterocycles. The minimum Gasteiger partial charge on any atom is -0.344 e. The molecule has 7 nitrogen and oxygen atoms in total. The summed E-state index contributed by atoms with van der Waals surface area (Å²) in [6.07, 6.45) is -4.23. The van der Waals surface area contributed by atoms with Crippen molar-refractivity contribution in [1.29, 1.82) is 0 Å². The molecule has 3 aromatic rings. The SMILES string of the molecule is CCn1ncc(C(C)NC(=O)c2cc3nc(C)cc(C(F)(F)C(F)(F)F)n3n2)c1C. The lowest BCUT2D eigenvalue weighted by atomic mass is 10.1. The lowest BCUT2D eigenvalue weighted by Gasteiger charge is -2.20. The van der Waals surface area contributed by atoms with Gasteiger partial charge >= 0.3 is 12.1 Å². The smallest absolute Gasteiger partial charge is 0.344 e. The van der Waals surface area contributed by atoms with E-state index in [2.05, 4.69) is 20.5 Å². The second kappa shape index (κ2) is 7.33. The summed E-state index contributed by atoms with van der Waals surface area (Å²) in [4.78, 5) is 16.5. The molecule has 12 heteroatoms. The van der Waals surface area contributed by atoms with Gasteiger partial charge in [-0.15, -0.1) is 0 Å². The fourth-order valence-electron chi connectivity index (χ4n) is 3.13. The zero-order valence-corrected chi connectivity index (χ0v) is 16.6. The highest BCUT2D eigenvalue weighted by atomic mass is 19.4. The first kappa shape index (κ1) is 21.7. The van der Waals surface area contributed by atoms with Crippen molar-refractivity contribution in [3.63, 3.8) is 0 Å². The average Bonchev–Trinajstić information content (AvgIpc) is 3.23. The third kappa shape index (κ3) is 3.61. The molecule has 0 aliphatic carbocycles. The van der Waals surface area contributed by atoms with Crippen molar-refractivity contribution in [2.45, 2.75) is 52.4 Å². The number of carbonyl (C=O) groups excluding carboxylic acids is 1. The molecular formula is C18H19F5N6O. The molecule has 1 amide bonds. The third-order valence-electron chi connectivity index (χ3n) is 4.72. The normalized spacial score (nSPS) is 13.6. The number of amides is 1. The monoisotopic (exact) mass is 430 g/mol. The molecule has 0 saturated carbocycles. The first-order chi connectivity index (χ1) is 13.9. The van der Waals surface area contributed by atoms with Crippen LogP contribution in [0.4, 0.5) is 22.0 Å². The summed E-state index contributed by atoms with van der Waals surface area (Å²) in [5.74, 6) is -5.91. The van der Waals surface area contributed by atoms with Gasteiger partial charge < -0.3 is 5.32 Å². The summed E-state index contributed by atoms with van der Waals surface area (Å²) in [6, 6.07) is 1.17. The summed E-state index contributed by atoms with van der Waals surface area (Å²) in [7, 11) is 0. The molecule has 3 rings (SSSR count). The largest absolute Gasteiger partial charge is 0.459 e. The molecule has 0 aromatic carbocycles. The maximum atomic E-state index is 14.0. The number of aryl methyl sites for hydroxylation is 2. The molecule has 30 heavy (non-hydrogen) atoms. The van der Waals surface area contributed by atoms with Crippen molar-refractivity contribution in [3.8, 4) is 0 Å². The first-order valence-corrected chi connectivity index (χ1v) is 9.02. The van der Waals surface area contributed by atoms with Crippen molar-refractivity contribution in [3.05, 3.63) is 46.7 Å². The van der Waals surface area contributed by atoms with E-state index in [0.717, 1.165) is 17.3 Å². The molecule has 1 unspecified atom stereocenters. The summed E-state index contributed by atoms with van der Waals surface area (Å²) < 4.78 is 68.7. The number of hydrogen-bond acceptors (Lipinski definition) is 4. The van der Waals surface area contributed by atoms with Crippen LogP contribution < -0.4 is 5.32 Å². The van der Waals surface area contributed by atoms with Gasteiger partial charge in [-0.25, -0.2) is 9.50 Å². The van der Waals surface area contributed by atoms with Gasteiger partial charge in [0.1, 0.15) is 5.69 Å². The van der Waals surface area contributed by atoms with E-state index in [1.807, 2.05) is 13.8 Å². The Bertz CT molecular complexity index is 1100. The van der Waals surface area contributed by atoms with Gasteiger partial charge in [-0.3, -0.25) is 9.48 Å². The number of rotatable bonds is 5. The molecule has 3 aromatic heterocycles. The third-order valence-corrected chi connectivity index (χ3v) is 4.72. The number of fused-ring (bicyclic) bond motifs is 1. The van der Waals surface area contributed by atoms with E-state index in [4.69, 9.17) is 0 Å². The number of carbonyl (C=O) groups is 1. The quantitative estimate of drug-likeness (QED) is 0.626. The zero-order chi connectivity index (χ0) is 22.4. The Morgan fingerprint density at radius 3 is 2.43 bits per heavy atom. The molecule has 1 atom stereocenters. The summed E-state index contributed by atoms with van der Waals surface area (Å²) in [5.41, 5.74) is -0.521. The molecule has 0 radical (unpaired) electrons. The number of aromatic nitrogens is 5. The van der Waals surface area contributed by atoms with Crippen LogP contribution in [0.1, 0.15) is 53.0 Å². The highest BCUT2D eigenvalue weighted by Crippen LogP contribution is 2.43. The maximum absolute atomic E-state index is 14.0. The molecule has 0 saturated heterocycles. The van der Waals surface area contributed by atoms with Crippen LogP contribution in [0.15, 0.2) is 18.3 Å². The van der Waals surface area contributed by atoms with Gasteiger partial charge in [-0.2, -0.15) is 32.1 Å². The molecule has 0 spiro atoms. The van der Waals surface area contributed by atoms with Gasteiger partial charge in [-0.1, -0.05) is 0 Å². The van der Waals surface area contributed by atoms with Gasteiger partial charge in [0.15, 0.2) is 11.3 Å². The van der Waals surface area contributed by atoms with Gasteiger partial charge in [0.05, 0.1) is 12.2 Å². The highest BCUT2D eigenvalue weighted by molar-refractivity contribution is 5.93. The van der Waals surface area contributed by atoms with Crippen molar-refractivity contribution in [2.75, 3.05) is 0 Å². The van der Waals surface area contributed by atoms with Crippen LogP contribution in [0.25, 0.3) is 5.65 Å². The number of nitrogens with one attached hydrogen (secondary N) is 1. The highest BCUT2D eigenvalue weighted by Gasteiger charge is 2.60. The van der Waals surface area contributed by atoms with Gasteiger partial charge in [-0.05, 0) is 33.8 Å². The Morgan fingerprint density at radius 2 is 1.87 bits per heavy atom. The van der Waals surface area contributed by atoms with Crippen molar-refractivity contribution < 1.29 is 26.7 Å². The number of hydrogen-bond donors (Lipinski definition) is 1. The van der Waals surface area contributed by atoms with Crippen LogP contribution in [0.2, 0.25) is 0 Å². The Hall–Kier alpha value is -3.05. The molecular weight excluding hydrogens is 411 g/mol. The Labute approximate surface area is 167 Å². The van der Waals surface area contributed by atoms with Crippen LogP contribution in [-0.2, 0) is 12.5 Å². The minimum absolute atomic E-state index is 0.0655. The second-order valence-corrected chi connectivity index (χ2v) is 6.85. The van der Waals surface area contributed by atoms with Crippen molar-refractivity contribution in [2.24, 2.45) is 0 Å². The number of halogens is 5. The van der Waals surface area contributed by atoms with E-state index in [1.54, 1.807) is 17.8 Å². The van der Waals surface area contributed by atoms with Gasteiger partial charge in [0.25, 0.3) is 5.91 Å². The van der Waals surface area contributed by atoms with E-state index in [-0.39, 0.29) is 17.0 Å². The number of alkyl halides is 5. The summed E-state index contributed by atoms with van der Waals surface area (Å²) >= 11 is 0. The number of nitrogens with zero attached hydrogens (tertiary/aromatic N) is 5. The Balaban J connectivity index is 1.96. The van der Waals surface area contributed by atoms with Crippen molar-refractivity contribution in [1.82, 2.24) is 29.7 Å². The van der Waals surface area contributed by atoms with Crippen LogP contribution in [-0.4, -0.2) is 36.5 Å². The summed E-state index contributed by atoms with van der Waals surface area (Å²) in [6.45, 7) is 7.35.